The number of aromatic nitrogens is 1. The van der Waals surface area contributed by atoms with Crippen molar-refractivity contribution in [2.75, 3.05) is 18.1 Å². The molecule has 0 saturated carbocycles. The first-order valence-electron chi connectivity index (χ1n) is 6.50. The number of anilines is 1. The smallest absolute Gasteiger partial charge is 0.270 e. The molecule has 0 saturated heterocycles. The summed E-state index contributed by atoms with van der Waals surface area (Å²) in [5, 5.41) is 14.8. The van der Waals surface area contributed by atoms with Gasteiger partial charge in [0.1, 0.15) is 0 Å². The van der Waals surface area contributed by atoms with Gasteiger partial charge in [-0.1, -0.05) is 0 Å². The number of fused-ring (bicyclic) bond motifs is 1. The lowest BCUT2D eigenvalue weighted by Crippen LogP contribution is -2.20. The number of benzene rings is 1. The van der Waals surface area contributed by atoms with Crippen molar-refractivity contribution in [2.45, 2.75) is 19.1 Å². The number of nitro groups is 1. The van der Waals surface area contributed by atoms with E-state index in [2.05, 4.69) is 10.3 Å². The highest BCUT2D eigenvalue weighted by Crippen LogP contribution is 2.27. The monoisotopic (exact) mass is 307 g/mol. The van der Waals surface area contributed by atoms with Gasteiger partial charge >= 0.3 is 0 Å². The Kier molecular flexibility index (Phi) is 4.52. The topological polar surface area (TPSA) is 85.1 Å². The van der Waals surface area contributed by atoms with Crippen molar-refractivity contribution in [1.82, 2.24) is 4.98 Å². The van der Waals surface area contributed by atoms with Gasteiger partial charge < -0.3 is 5.32 Å². The fourth-order valence-corrected chi connectivity index (χ4v) is 2.30. The summed E-state index contributed by atoms with van der Waals surface area (Å²) in [6.45, 7) is 4.29. The van der Waals surface area contributed by atoms with Crippen molar-refractivity contribution in [1.29, 1.82) is 0 Å². The molecule has 0 aliphatic heterocycles. The van der Waals surface area contributed by atoms with Crippen LogP contribution in [0, 0.1) is 17.0 Å². The molecular formula is C14H17N3O3S. The number of rotatable bonds is 5. The molecule has 0 fully saturated rings. The first kappa shape index (κ1) is 15.4. The van der Waals surface area contributed by atoms with E-state index in [1.54, 1.807) is 12.3 Å². The first-order chi connectivity index (χ1) is 9.88. The summed E-state index contributed by atoms with van der Waals surface area (Å²) in [6, 6.07) is 6.45. The highest BCUT2D eigenvalue weighted by atomic mass is 32.2. The first-order valence-corrected chi connectivity index (χ1v) is 8.12. The summed E-state index contributed by atoms with van der Waals surface area (Å²) in [4.78, 5) is 14.9. The third-order valence-electron chi connectivity index (χ3n) is 3.28. The molecule has 112 valence electrons. The second kappa shape index (κ2) is 6.17. The van der Waals surface area contributed by atoms with Crippen LogP contribution >= 0.6 is 0 Å². The lowest BCUT2D eigenvalue weighted by Gasteiger charge is -2.13. The van der Waals surface area contributed by atoms with Gasteiger partial charge in [0.15, 0.2) is 0 Å². The van der Waals surface area contributed by atoms with Gasteiger partial charge in [0.2, 0.25) is 0 Å². The van der Waals surface area contributed by atoms with Gasteiger partial charge in [-0.25, -0.2) is 0 Å². The van der Waals surface area contributed by atoms with Crippen LogP contribution in [0.15, 0.2) is 24.3 Å². The van der Waals surface area contributed by atoms with Crippen LogP contribution in [0.1, 0.15) is 12.6 Å². The van der Waals surface area contributed by atoms with E-state index in [1.807, 2.05) is 19.9 Å². The second-order valence-corrected chi connectivity index (χ2v) is 6.76. The van der Waals surface area contributed by atoms with Crippen LogP contribution in [0.25, 0.3) is 10.9 Å². The molecule has 2 aromatic rings. The summed E-state index contributed by atoms with van der Waals surface area (Å²) in [5.74, 6) is 0. The van der Waals surface area contributed by atoms with Crippen LogP contribution in [0.3, 0.4) is 0 Å². The maximum absolute atomic E-state index is 11.4. The van der Waals surface area contributed by atoms with Crippen molar-refractivity contribution in [3.05, 3.63) is 40.1 Å². The van der Waals surface area contributed by atoms with Gasteiger partial charge in [-0.15, -0.1) is 0 Å². The molecule has 0 spiro atoms. The molecule has 21 heavy (non-hydrogen) atoms. The molecular weight excluding hydrogens is 290 g/mol. The minimum absolute atomic E-state index is 0.00720. The van der Waals surface area contributed by atoms with E-state index in [-0.39, 0.29) is 10.9 Å². The van der Waals surface area contributed by atoms with Crippen LogP contribution in [0.5, 0.6) is 0 Å². The number of aryl methyl sites for hydroxylation is 1. The summed E-state index contributed by atoms with van der Waals surface area (Å²) in [6.07, 6.45) is 1.66. The second-order valence-electron chi connectivity index (χ2n) is 4.96. The molecule has 1 N–H and O–H groups in total. The molecule has 1 aromatic heterocycles. The molecule has 7 heteroatoms. The fourth-order valence-electron chi connectivity index (χ4n) is 1.98. The van der Waals surface area contributed by atoms with Crippen LogP contribution < -0.4 is 5.32 Å². The number of nitrogens with zero attached hydrogens (tertiary/aromatic N) is 2. The van der Waals surface area contributed by atoms with Crippen molar-refractivity contribution in [2.24, 2.45) is 0 Å². The predicted molar refractivity (Wildman–Crippen MR) is 85.2 cm³/mol. The zero-order valence-corrected chi connectivity index (χ0v) is 12.9. The highest BCUT2D eigenvalue weighted by Gasteiger charge is 2.12. The van der Waals surface area contributed by atoms with E-state index in [0.717, 1.165) is 11.4 Å². The summed E-state index contributed by atoms with van der Waals surface area (Å²) < 4.78 is 11.4. The minimum Gasteiger partial charge on any atom is -0.383 e. The number of hydrogen-bond donors (Lipinski definition) is 1. The third kappa shape index (κ3) is 3.55. The number of hydrogen-bond acceptors (Lipinski definition) is 5. The summed E-state index contributed by atoms with van der Waals surface area (Å²) >= 11 is 0. The number of nitrogens with one attached hydrogen (secondary N) is 1. The number of non-ortho nitro benzene ring substituents is 1. The van der Waals surface area contributed by atoms with Crippen molar-refractivity contribution in [3.63, 3.8) is 0 Å². The van der Waals surface area contributed by atoms with E-state index >= 15 is 0 Å². The molecule has 2 atom stereocenters. The molecule has 0 amide bonds. The third-order valence-corrected chi connectivity index (χ3v) is 4.58. The Hall–Kier alpha value is -2.02. The van der Waals surface area contributed by atoms with E-state index in [0.29, 0.717) is 17.4 Å². The maximum Gasteiger partial charge on any atom is 0.270 e. The number of pyridine rings is 1. The Morgan fingerprint density at radius 3 is 2.76 bits per heavy atom. The quantitative estimate of drug-likeness (QED) is 0.678. The SMILES string of the molecule is Cc1cc(NC[C@H](C)[S@@](C)=O)c2cc([N+](=O)[O-])ccc2n1. The molecule has 0 unspecified atom stereocenters. The summed E-state index contributed by atoms with van der Waals surface area (Å²) in [5.41, 5.74) is 2.33. The number of nitro benzene ring substituents is 1. The van der Waals surface area contributed by atoms with Crippen LogP contribution in [0.2, 0.25) is 0 Å². The zero-order chi connectivity index (χ0) is 15.6. The van der Waals surface area contributed by atoms with Crippen LogP contribution in [-0.4, -0.2) is 32.2 Å². The Balaban J connectivity index is 2.42. The average Bonchev–Trinajstić information content (AvgIpc) is 2.43. The van der Waals surface area contributed by atoms with E-state index in [1.165, 1.54) is 12.1 Å². The van der Waals surface area contributed by atoms with Gasteiger partial charge in [0.05, 0.1) is 10.4 Å². The molecule has 0 bridgehead atoms. The lowest BCUT2D eigenvalue weighted by molar-refractivity contribution is -0.384. The normalized spacial score (nSPS) is 13.9. The molecule has 0 aliphatic carbocycles. The van der Waals surface area contributed by atoms with Gasteiger partial charge in [-0.2, -0.15) is 0 Å². The Morgan fingerprint density at radius 2 is 2.14 bits per heavy atom. The Morgan fingerprint density at radius 1 is 1.43 bits per heavy atom. The summed E-state index contributed by atoms with van der Waals surface area (Å²) in [7, 11) is -0.921. The van der Waals surface area contributed by atoms with Gasteiger partial charge in [-0.05, 0) is 26.0 Å². The van der Waals surface area contributed by atoms with Crippen LogP contribution in [-0.2, 0) is 10.8 Å². The maximum atomic E-state index is 11.4. The molecule has 6 nitrogen and oxygen atoms in total. The largest absolute Gasteiger partial charge is 0.383 e. The molecule has 0 aliphatic rings. The Bertz CT molecular complexity index is 718. The van der Waals surface area contributed by atoms with Crippen molar-refractivity contribution in [3.8, 4) is 0 Å². The van der Waals surface area contributed by atoms with E-state index in [4.69, 9.17) is 0 Å². The lowest BCUT2D eigenvalue weighted by atomic mass is 10.1. The molecule has 1 heterocycles. The molecule has 0 radical (unpaired) electrons. The van der Waals surface area contributed by atoms with Gasteiger partial charge in [0, 0.05) is 57.8 Å². The standard InChI is InChI=1S/C14H17N3O3S/c1-9-6-14(15-8-10(2)21(3)20)12-7-11(17(18)19)4-5-13(12)16-9/h4-7,10H,8H2,1-3H3,(H,15,16)/t10-,21+/m0/s1. The zero-order valence-electron chi connectivity index (χ0n) is 12.1. The van der Waals surface area contributed by atoms with Gasteiger partial charge in [0.25, 0.3) is 5.69 Å². The van der Waals surface area contributed by atoms with Crippen LogP contribution in [0.4, 0.5) is 11.4 Å². The van der Waals surface area contributed by atoms with E-state index in [9.17, 15) is 14.3 Å². The minimum atomic E-state index is -0.921. The average molecular weight is 307 g/mol. The van der Waals surface area contributed by atoms with Crippen molar-refractivity contribution >= 4 is 33.1 Å². The predicted octanol–water partition coefficient (Wildman–Crippen LogP) is 2.63. The Labute approximate surface area is 125 Å². The van der Waals surface area contributed by atoms with Crippen molar-refractivity contribution < 1.29 is 9.13 Å². The molecule has 2 rings (SSSR count). The molecule has 1 aromatic carbocycles. The fraction of sp³-hybridized carbons (Fsp3) is 0.357. The highest BCUT2D eigenvalue weighted by molar-refractivity contribution is 7.84. The van der Waals surface area contributed by atoms with Gasteiger partial charge in [-0.3, -0.25) is 19.3 Å². The van der Waals surface area contributed by atoms with E-state index < -0.39 is 15.7 Å².